The quantitative estimate of drug-likeness (QED) is 0.404. The number of nitrogens with zero attached hydrogens (tertiary/aromatic N) is 2. The monoisotopic (exact) mass is 426 g/mol. The summed E-state index contributed by atoms with van der Waals surface area (Å²) in [5.41, 5.74) is 3.34. The van der Waals surface area contributed by atoms with Crippen LogP contribution in [0.3, 0.4) is 0 Å². The molecular weight excluding hydrogens is 407 g/mol. The minimum Gasteiger partial charge on any atom is -0.493 e. The molecule has 0 spiro atoms. The van der Waals surface area contributed by atoms with Crippen LogP contribution in [0.4, 0.5) is 4.39 Å². The molecule has 0 saturated heterocycles. The molecule has 30 heavy (non-hydrogen) atoms. The van der Waals surface area contributed by atoms with Crippen LogP contribution in [0.2, 0.25) is 5.02 Å². The van der Waals surface area contributed by atoms with Crippen molar-refractivity contribution < 1.29 is 18.6 Å². The summed E-state index contributed by atoms with van der Waals surface area (Å²) in [6.45, 7) is 0.422. The lowest BCUT2D eigenvalue weighted by molar-refractivity contribution is 0.324. The van der Waals surface area contributed by atoms with Crippen molar-refractivity contribution in [1.82, 2.24) is 9.55 Å². The van der Waals surface area contributed by atoms with E-state index in [0.29, 0.717) is 34.6 Å². The molecule has 0 atom stereocenters. The maximum atomic E-state index is 13.5. The lowest BCUT2D eigenvalue weighted by Crippen LogP contribution is -2.04. The van der Waals surface area contributed by atoms with Gasteiger partial charge in [-0.05, 0) is 42.0 Å². The lowest BCUT2D eigenvalue weighted by atomic mass is 10.1. The second kappa shape index (κ2) is 8.24. The van der Waals surface area contributed by atoms with Crippen LogP contribution in [0.25, 0.3) is 22.4 Å². The number of imidazole rings is 1. The Hall–Kier alpha value is -3.25. The highest BCUT2D eigenvalue weighted by molar-refractivity contribution is 6.31. The minimum atomic E-state index is -0.371. The predicted molar refractivity (Wildman–Crippen MR) is 115 cm³/mol. The van der Waals surface area contributed by atoms with E-state index in [2.05, 4.69) is 0 Å². The highest BCUT2D eigenvalue weighted by Crippen LogP contribution is 2.41. The second-order valence-electron chi connectivity index (χ2n) is 6.66. The summed E-state index contributed by atoms with van der Waals surface area (Å²) in [5, 5.41) is 0.364. The van der Waals surface area contributed by atoms with Crippen molar-refractivity contribution in [2.45, 2.75) is 6.54 Å². The van der Waals surface area contributed by atoms with E-state index < -0.39 is 0 Å². The molecule has 0 aliphatic rings. The van der Waals surface area contributed by atoms with Crippen LogP contribution < -0.4 is 14.2 Å². The molecule has 0 bridgehead atoms. The summed E-state index contributed by atoms with van der Waals surface area (Å²) in [4.78, 5) is 4.83. The standard InChI is InChI=1S/C23H20ClFN2O3/c1-28-20-10-15(11-21(29-2)22(20)30-3)23-26-18-6-4-5-7-19(18)27(23)13-14-8-9-16(25)12-17(14)24/h4-12H,13H2,1-3H3. The van der Waals surface area contributed by atoms with Gasteiger partial charge in [-0.3, -0.25) is 0 Å². The minimum absolute atomic E-state index is 0.364. The number of para-hydroxylation sites is 2. The van der Waals surface area contributed by atoms with Crippen molar-refractivity contribution in [2.75, 3.05) is 21.3 Å². The van der Waals surface area contributed by atoms with Gasteiger partial charge >= 0.3 is 0 Å². The van der Waals surface area contributed by atoms with Gasteiger partial charge in [0.25, 0.3) is 0 Å². The zero-order chi connectivity index (χ0) is 21.3. The van der Waals surface area contributed by atoms with Gasteiger partial charge in [-0.25, -0.2) is 9.37 Å². The Morgan fingerprint density at radius 1 is 0.933 bits per heavy atom. The van der Waals surface area contributed by atoms with E-state index >= 15 is 0 Å². The molecule has 1 heterocycles. The highest BCUT2D eigenvalue weighted by Gasteiger charge is 2.19. The molecule has 154 valence electrons. The van der Waals surface area contributed by atoms with Crippen LogP contribution in [0.1, 0.15) is 5.56 Å². The third kappa shape index (κ3) is 3.55. The number of halogens is 2. The van der Waals surface area contributed by atoms with Gasteiger partial charge in [0.15, 0.2) is 11.5 Å². The van der Waals surface area contributed by atoms with Crippen molar-refractivity contribution in [3.8, 4) is 28.6 Å². The van der Waals surface area contributed by atoms with E-state index in [9.17, 15) is 4.39 Å². The molecule has 0 radical (unpaired) electrons. The van der Waals surface area contributed by atoms with Gasteiger partial charge in [0.1, 0.15) is 11.6 Å². The number of hydrogen-bond acceptors (Lipinski definition) is 4. The van der Waals surface area contributed by atoms with Gasteiger partial charge in [0.2, 0.25) is 5.75 Å². The summed E-state index contributed by atoms with van der Waals surface area (Å²) in [5.74, 6) is 1.91. The van der Waals surface area contributed by atoms with Gasteiger partial charge in [0, 0.05) is 10.6 Å². The van der Waals surface area contributed by atoms with E-state index in [1.807, 2.05) is 41.0 Å². The molecule has 1 aromatic heterocycles. The van der Waals surface area contributed by atoms with Gasteiger partial charge in [0.05, 0.1) is 38.9 Å². The summed E-state index contributed by atoms with van der Waals surface area (Å²) >= 11 is 6.30. The Morgan fingerprint density at radius 3 is 2.27 bits per heavy atom. The van der Waals surface area contributed by atoms with Gasteiger partial charge in [-0.2, -0.15) is 0 Å². The first-order valence-electron chi connectivity index (χ1n) is 9.25. The van der Waals surface area contributed by atoms with Crippen molar-refractivity contribution >= 4 is 22.6 Å². The second-order valence-corrected chi connectivity index (χ2v) is 7.07. The van der Waals surface area contributed by atoms with Crippen LogP contribution in [-0.4, -0.2) is 30.9 Å². The first-order chi connectivity index (χ1) is 14.5. The molecule has 3 aromatic carbocycles. The van der Waals surface area contributed by atoms with Crippen LogP contribution in [0, 0.1) is 5.82 Å². The maximum Gasteiger partial charge on any atom is 0.203 e. The van der Waals surface area contributed by atoms with Crippen molar-refractivity contribution in [2.24, 2.45) is 0 Å². The predicted octanol–water partition coefficient (Wildman–Crippen LogP) is 5.57. The van der Waals surface area contributed by atoms with Gasteiger partial charge < -0.3 is 18.8 Å². The Kier molecular flexibility index (Phi) is 5.50. The largest absolute Gasteiger partial charge is 0.493 e. The van der Waals surface area contributed by atoms with Gasteiger partial charge in [-0.15, -0.1) is 0 Å². The molecule has 0 N–H and O–H groups in total. The first-order valence-corrected chi connectivity index (χ1v) is 9.63. The Balaban J connectivity index is 1.93. The molecule has 0 saturated carbocycles. The average molecular weight is 427 g/mol. The van der Waals surface area contributed by atoms with Crippen LogP contribution >= 0.6 is 11.6 Å². The third-order valence-electron chi connectivity index (χ3n) is 4.92. The van der Waals surface area contributed by atoms with E-state index in [4.69, 9.17) is 30.8 Å². The molecular formula is C23H20ClFN2O3. The Labute approximate surface area is 178 Å². The van der Waals surface area contributed by atoms with Crippen LogP contribution in [0.5, 0.6) is 17.2 Å². The van der Waals surface area contributed by atoms with Crippen molar-refractivity contribution in [3.05, 3.63) is 71.0 Å². The van der Waals surface area contributed by atoms with E-state index in [1.165, 1.54) is 12.1 Å². The number of hydrogen-bond donors (Lipinski definition) is 0. The molecule has 5 nitrogen and oxygen atoms in total. The zero-order valence-electron chi connectivity index (χ0n) is 16.8. The van der Waals surface area contributed by atoms with E-state index in [0.717, 1.165) is 22.2 Å². The average Bonchev–Trinajstić information content (AvgIpc) is 3.13. The fourth-order valence-corrected chi connectivity index (χ4v) is 3.71. The third-order valence-corrected chi connectivity index (χ3v) is 5.27. The first kappa shape index (κ1) is 20.0. The molecule has 4 rings (SSSR count). The summed E-state index contributed by atoms with van der Waals surface area (Å²) in [7, 11) is 4.70. The van der Waals surface area contributed by atoms with Crippen LogP contribution in [-0.2, 0) is 6.54 Å². The highest BCUT2D eigenvalue weighted by atomic mass is 35.5. The van der Waals surface area contributed by atoms with Crippen LogP contribution in [0.15, 0.2) is 54.6 Å². The molecule has 4 aromatic rings. The number of ether oxygens (including phenoxy) is 3. The number of fused-ring (bicyclic) bond motifs is 1. The zero-order valence-corrected chi connectivity index (χ0v) is 17.5. The molecule has 0 unspecified atom stereocenters. The summed E-state index contributed by atoms with van der Waals surface area (Å²) in [6.07, 6.45) is 0. The van der Waals surface area contributed by atoms with E-state index in [1.54, 1.807) is 27.4 Å². The molecule has 0 fully saturated rings. The molecule has 0 aliphatic carbocycles. The van der Waals surface area contributed by atoms with Crippen molar-refractivity contribution in [3.63, 3.8) is 0 Å². The molecule has 7 heteroatoms. The normalized spacial score (nSPS) is 11.0. The maximum absolute atomic E-state index is 13.5. The van der Waals surface area contributed by atoms with Gasteiger partial charge in [-0.1, -0.05) is 29.8 Å². The smallest absolute Gasteiger partial charge is 0.203 e. The number of methoxy groups -OCH3 is 3. The Morgan fingerprint density at radius 2 is 1.63 bits per heavy atom. The summed E-state index contributed by atoms with van der Waals surface area (Å²) < 4.78 is 32.0. The van der Waals surface area contributed by atoms with Crippen molar-refractivity contribution in [1.29, 1.82) is 0 Å². The SMILES string of the molecule is COc1cc(-c2nc3ccccc3n2Cc2ccc(F)cc2Cl)cc(OC)c1OC. The molecule has 0 aliphatic heterocycles. The number of rotatable bonds is 6. The lowest BCUT2D eigenvalue weighted by Gasteiger charge is -2.15. The number of aromatic nitrogens is 2. The topological polar surface area (TPSA) is 45.5 Å². The molecule has 0 amide bonds. The fraction of sp³-hybridized carbons (Fsp3) is 0.174. The summed E-state index contributed by atoms with van der Waals surface area (Å²) in [6, 6.07) is 15.9. The fourth-order valence-electron chi connectivity index (χ4n) is 3.49. The van der Waals surface area contributed by atoms with E-state index in [-0.39, 0.29) is 5.82 Å². The Bertz CT molecular complexity index is 1200. The number of benzene rings is 3.